The zero-order valence-electron chi connectivity index (χ0n) is 22.9. The Balaban J connectivity index is 0.000000320. The van der Waals surface area contributed by atoms with Crippen molar-refractivity contribution in [1.29, 1.82) is 0 Å². The monoisotopic (exact) mass is 448 g/mol. The van der Waals surface area contributed by atoms with Crippen molar-refractivity contribution in [2.45, 2.75) is 132 Å². The quantitative estimate of drug-likeness (QED) is 0.334. The fourth-order valence-corrected chi connectivity index (χ4v) is 5.91. The van der Waals surface area contributed by atoms with Crippen LogP contribution in [0, 0.1) is 47.3 Å². The molecule has 2 aliphatic carbocycles. The highest BCUT2D eigenvalue weighted by Gasteiger charge is 2.27. The molecule has 0 radical (unpaired) electrons. The maximum atomic E-state index is 11.9. The van der Waals surface area contributed by atoms with Crippen LogP contribution < -0.4 is 0 Å². The Morgan fingerprint density at radius 2 is 0.781 bits per heavy atom. The maximum Gasteiger partial charge on any atom is 0.136 e. The van der Waals surface area contributed by atoms with E-state index in [1.54, 1.807) is 0 Å². The minimum atomic E-state index is 0.394. The Hall–Kier alpha value is -0.660. The molecule has 2 heteroatoms. The maximum absolute atomic E-state index is 11.9. The molecule has 0 unspecified atom stereocenters. The molecule has 0 aromatic rings. The average molecular weight is 449 g/mol. The molecule has 0 bridgehead atoms. The number of hydrogen-bond acceptors (Lipinski definition) is 2. The van der Waals surface area contributed by atoms with E-state index in [-0.39, 0.29) is 0 Å². The van der Waals surface area contributed by atoms with E-state index in [4.69, 9.17) is 0 Å². The molecule has 2 fully saturated rings. The summed E-state index contributed by atoms with van der Waals surface area (Å²) in [4.78, 5) is 23.9. The van der Waals surface area contributed by atoms with Crippen LogP contribution >= 0.6 is 0 Å². The topological polar surface area (TPSA) is 34.1 Å². The van der Waals surface area contributed by atoms with Gasteiger partial charge in [0.2, 0.25) is 0 Å². The first kappa shape index (κ1) is 29.4. The number of hydrogen-bond donors (Lipinski definition) is 0. The second-order valence-corrected chi connectivity index (χ2v) is 12.8. The summed E-state index contributed by atoms with van der Waals surface area (Å²) in [6.45, 7) is 17.8. The van der Waals surface area contributed by atoms with Crippen molar-refractivity contribution < 1.29 is 9.59 Å². The fourth-order valence-electron chi connectivity index (χ4n) is 5.91. The van der Waals surface area contributed by atoms with Gasteiger partial charge in [0.25, 0.3) is 0 Å². The zero-order valence-corrected chi connectivity index (χ0v) is 22.9. The smallest absolute Gasteiger partial charge is 0.136 e. The van der Waals surface area contributed by atoms with Gasteiger partial charge in [-0.25, -0.2) is 0 Å². The molecule has 2 aliphatic rings. The van der Waals surface area contributed by atoms with Crippen molar-refractivity contribution in [2.75, 3.05) is 0 Å². The predicted octanol–water partition coefficient (Wildman–Crippen LogP) is 8.91. The van der Waals surface area contributed by atoms with E-state index in [0.29, 0.717) is 35.2 Å². The molecule has 0 aromatic carbocycles. The van der Waals surface area contributed by atoms with Crippen LogP contribution in [0.1, 0.15) is 132 Å². The fraction of sp³-hybridized carbons (Fsp3) is 0.933. The predicted molar refractivity (Wildman–Crippen MR) is 139 cm³/mol. The Labute approximate surface area is 201 Å². The Morgan fingerprint density at radius 3 is 1.00 bits per heavy atom. The number of carbonyl (C=O) groups is 2. The highest BCUT2D eigenvalue weighted by Crippen LogP contribution is 2.35. The van der Waals surface area contributed by atoms with Gasteiger partial charge in [0.1, 0.15) is 11.6 Å². The molecule has 2 saturated carbocycles. The summed E-state index contributed by atoms with van der Waals surface area (Å²) in [7, 11) is 0. The van der Waals surface area contributed by atoms with Gasteiger partial charge < -0.3 is 0 Å². The van der Waals surface area contributed by atoms with E-state index in [1.807, 2.05) is 0 Å². The van der Waals surface area contributed by atoms with Crippen LogP contribution in [0.25, 0.3) is 0 Å². The molecule has 0 saturated heterocycles. The van der Waals surface area contributed by atoms with Crippen molar-refractivity contribution in [2.24, 2.45) is 47.3 Å². The first-order valence-electron chi connectivity index (χ1n) is 14.0. The molecule has 188 valence electrons. The molecule has 32 heavy (non-hydrogen) atoms. The van der Waals surface area contributed by atoms with E-state index in [1.165, 1.54) is 38.5 Å². The lowest BCUT2D eigenvalue weighted by molar-refractivity contribution is -0.125. The van der Waals surface area contributed by atoms with Crippen LogP contribution in [0.3, 0.4) is 0 Å². The Kier molecular flexibility index (Phi) is 14.0. The summed E-state index contributed by atoms with van der Waals surface area (Å²) in [5, 5.41) is 0. The van der Waals surface area contributed by atoms with Crippen molar-refractivity contribution in [3.8, 4) is 0 Å². The minimum absolute atomic E-state index is 0.394. The van der Waals surface area contributed by atoms with E-state index < -0.39 is 0 Å². The zero-order chi connectivity index (χ0) is 24.3. The molecule has 0 amide bonds. The molecule has 0 N–H and O–H groups in total. The van der Waals surface area contributed by atoms with E-state index >= 15 is 0 Å². The van der Waals surface area contributed by atoms with Crippen LogP contribution in [0.2, 0.25) is 0 Å². The lowest BCUT2D eigenvalue weighted by Crippen LogP contribution is -2.23. The third-order valence-corrected chi connectivity index (χ3v) is 7.43. The van der Waals surface area contributed by atoms with Gasteiger partial charge in [-0.15, -0.1) is 0 Å². The summed E-state index contributed by atoms with van der Waals surface area (Å²) in [6, 6.07) is 0. The second kappa shape index (κ2) is 15.3. The van der Waals surface area contributed by atoms with Crippen LogP contribution in [0.4, 0.5) is 0 Å². The van der Waals surface area contributed by atoms with Gasteiger partial charge in [0, 0.05) is 24.7 Å². The van der Waals surface area contributed by atoms with E-state index in [9.17, 15) is 9.59 Å². The van der Waals surface area contributed by atoms with Crippen LogP contribution in [0.5, 0.6) is 0 Å². The first-order valence-corrected chi connectivity index (χ1v) is 14.0. The van der Waals surface area contributed by atoms with Crippen LogP contribution in [-0.2, 0) is 9.59 Å². The van der Waals surface area contributed by atoms with E-state index in [0.717, 1.165) is 62.2 Å². The van der Waals surface area contributed by atoms with Gasteiger partial charge in [0.15, 0.2) is 0 Å². The normalized spacial score (nSPS) is 26.4. The van der Waals surface area contributed by atoms with Gasteiger partial charge >= 0.3 is 0 Å². The SMILES string of the molecule is CC(C)CC(=O)C1CCC(CC(C)C)CC1.CC(C)CC(=O)C1CCC(CC(C)C)CC1. The number of ketones is 2. The van der Waals surface area contributed by atoms with Crippen molar-refractivity contribution >= 4 is 11.6 Å². The van der Waals surface area contributed by atoms with E-state index in [2.05, 4.69) is 55.4 Å². The molecular formula is C30H56O2. The van der Waals surface area contributed by atoms with Crippen molar-refractivity contribution in [1.82, 2.24) is 0 Å². The molecule has 2 rings (SSSR count). The number of carbonyl (C=O) groups excluding carboxylic acids is 2. The van der Waals surface area contributed by atoms with Gasteiger partial charge in [-0.3, -0.25) is 9.59 Å². The second-order valence-electron chi connectivity index (χ2n) is 12.8. The molecule has 0 aliphatic heterocycles. The van der Waals surface area contributed by atoms with Crippen molar-refractivity contribution in [3.05, 3.63) is 0 Å². The van der Waals surface area contributed by atoms with Gasteiger partial charge in [-0.05, 0) is 99.7 Å². The molecule has 0 spiro atoms. The lowest BCUT2D eigenvalue weighted by Gasteiger charge is -2.29. The highest BCUT2D eigenvalue weighted by atomic mass is 16.1. The summed E-state index contributed by atoms with van der Waals surface area (Å²) in [6.07, 6.45) is 14.0. The molecule has 0 heterocycles. The minimum Gasteiger partial charge on any atom is -0.299 e. The van der Waals surface area contributed by atoms with Crippen LogP contribution in [0.15, 0.2) is 0 Å². The molecule has 2 nitrogen and oxygen atoms in total. The van der Waals surface area contributed by atoms with Crippen LogP contribution in [-0.4, -0.2) is 11.6 Å². The molecule has 0 atom stereocenters. The number of Topliss-reactive ketones (excluding diaryl/α,β-unsaturated/α-hetero) is 2. The van der Waals surface area contributed by atoms with Gasteiger partial charge in [-0.1, -0.05) is 55.4 Å². The molecule has 0 aromatic heterocycles. The van der Waals surface area contributed by atoms with Crippen molar-refractivity contribution in [3.63, 3.8) is 0 Å². The van der Waals surface area contributed by atoms with Gasteiger partial charge in [0.05, 0.1) is 0 Å². The first-order chi connectivity index (χ1) is 15.0. The Morgan fingerprint density at radius 1 is 0.500 bits per heavy atom. The third-order valence-electron chi connectivity index (χ3n) is 7.43. The van der Waals surface area contributed by atoms with Gasteiger partial charge in [-0.2, -0.15) is 0 Å². The lowest BCUT2D eigenvalue weighted by atomic mass is 9.76. The summed E-state index contributed by atoms with van der Waals surface area (Å²) in [5.74, 6) is 6.31. The largest absolute Gasteiger partial charge is 0.299 e. The summed E-state index contributed by atoms with van der Waals surface area (Å²) < 4.78 is 0. The Bertz CT molecular complexity index is 467. The summed E-state index contributed by atoms with van der Waals surface area (Å²) in [5.41, 5.74) is 0. The number of rotatable bonds is 10. The highest BCUT2D eigenvalue weighted by molar-refractivity contribution is 5.81. The average Bonchev–Trinajstić information content (AvgIpc) is 2.67. The standard InChI is InChI=1S/2C15H28O/c2*1-11(2)9-13-5-7-14(8-6-13)15(16)10-12(3)4/h2*11-14H,5-10H2,1-4H3. The molecular weight excluding hydrogens is 392 g/mol. The third kappa shape index (κ3) is 12.5. The summed E-state index contributed by atoms with van der Waals surface area (Å²) >= 11 is 0.